The number of piperidine rings is 1. The van der Waals surface area contributed by atoms with Crippen LogP contribution in [0.25, 0.3) is 16.4 Å². The van der Waals surface area contributed by atoms with Gasteiger partial charge >= 0.3 is 0 Å². The van der Waals surface area contributed by atoms with Crippen LogP contribution in [0.2, 0.25) is 0 Å². The molecule has 0 radical (unpaired) electrons. The van der Waals surface area contributed by atoms with E-state index in [1.165, 1.54) is 0 Å². The molecule has 5 aromatic rings. The number of carbonyl (C=O) groups is 2. The minimum atomic E-state index is -0.259. The second kappa shape index (κ2) is 9.46. The number of methoxy groups -OCH3 is 1. The van der Waals surface area contributed by atoms with Crippen molar-refractivity contribution in [2.75, 3.05) is 20.2 Å². The van der Waals surface area contributed by atoms with E-state index >= 15 is 0 Å². The number of aromatic amines is 1. The lowest BCUT2D eigenvalue weighted by Crippen LogP contribution is -2.53. The Morgan fingerprint density at radius 2 is 1.95 bits per heavy atom. The molecule has 1 saturated heterocycles. The van der Waals surface area contributed by atoms with Crippen LogP contribution < -0.4 is 10.1 Å². The zero-order valence-corrected chi connectivity index (χ0v) is 20.4. The van der Waals surface area contributed by atoms with Crippen LogP contribution >= 0.6 is 0 Å². The largest absolute Gasteiger partial charge is 0.496 e. The number of nitrogens with zero attached hydrogens (tertiary/aromatic N) is 3. The fraction of sp³-hybridized carbons (Fsp3) is 0.207. The molecule has 1 aliphatic heterocycles. The molecular weight excluding hydrogens is 466 g/mol. The summed E-state index contributed by atoms with van der Waals surface area (Å²) in [7, 11) is 1.62. The second-order valence-corrected chi connectivity index (χ2v) is 9.35. The van der Waals surface area contributed by atoms with Gasteiger partial charge in [0.15, 0.2) is 0 Å². The predicted molar refractivity (Wildman–Crippen MR) is 141 cm³/mol. The lowest BCUT2D eigenvalue weighted by molar-refractivity contribution is 0.0656. The number of H-pyrrole nitrogens is 1. The summed E-state index contributed by atoms with van der Waals surface area (Å²) in [5.74, 6) is 0.515. The summed E-state index contributed by atoms with van der Waals surface area (Å²) in [5.41, 5.74) is 3.81. The van der Waals surface area contributed by atoms with Gasteiger partial charge < -0.3 is 24.3 Å². The van der Waals surface area contributed by atoms with Crippen molar-refractivity contribution in [1.82, 2.24) is 24.6 Å². The highest BCUT2D eigenvalue weighted by atomic mass is 16.5. The first-order chi connectivity index (χ1) is 18.1. The normalized spacial score (nSPS) is 17.7. The van der Waals surface area contributed by atoms with Gasteiger partial charge in [-0.05, 0) is 42.3 Å². The molecule has 1 aliphatic rings. The quantitative estimate of drug-likeness (QED) is 0.383. The number of nitrogens with one attached hydrogen (secondary N) is 2. The highest BCUT2D eigenvalue weighted by Gasteiger charge is 2.34. The number of likely N-dealkylation sites (tertiary alicyclic amines) is 1. The lowest BCUT2D eigenvalue weighted by atomic mass is 9.85. The first-order valence-electron chi connectivity index (χ1n) is 12.3. The maximum absolute atomic E-state index is 13.6. The van der Waals surface area contributed by atoms with E-state index < -0.39 is 0 Å². The van der Waals surface area contributed by atoms with Crippen LogP contribution in [0.1, 0.15) is 38.7 Å². The maximum atomic E-state index is 13.6. The molecule has 37 heavy (non-hydrogen) atoms. The van der Waals surface area contributed by atoms with Gasteiger partial charge in [-0.25, -0.2) is 4.98 Å². The Hall–Kier alpha value is -4.59. The molecule has 8 heteroatoms. The van der Waals surface area contributed by atoms with Gasteiger partial charge in [0.2, 0.25) is 0 Å². The van der Waals surface area contributed by atoms with E-state index in [4.69, 9.17) is 4.74 Å². The summed E-state index contributed by atoms with van der Waals surface area (Å²) in [4.78, 5) is 36.3. The number of pyridine rings is 1. The number of rotatable bonds is 5. The van der Waals surface area contributed by atoms with Gasteiger partial charge in [-0.3, -0.25) is 9.59 Å². The third-order valence-electron chi connectivity index (χ3n) is 7.21. The summed E-state index contributed by atoms with van der Waals surface area (Å²) >= 11 is 0. The smallest absolute Gasteiger partial charge is 0.268 e. The standard InChI is InChI=1S/C29H27N5O3/c1-37-27-11-5-10-23-22(27)15-24(31-23)28(35)32-25-17-33(14-12-20(25)19-7-3-2-4-8-19)29(36)21-9-6-13-34-18-30-16-26(21)34/h2-11,13,15-16,18,20,25,31H,12,14,17H2,1H3,(H,32,35)/t20-,25+/m0/s1. The minimum absolute atomic E-state index is 0.0628. The van der Waals surface area contributed by atoms with Gasteiger partial charge in [0.25, 0.3) is 11.8 Å². The Kier molecular flexibility index (Phi) is 5.84. The highest BCUT2D eigenvalue weighted by molar-refractivity contribution is 6.01. The van der Waals surface area contributed by atoms with Gasteiger partial charge in [-0.1, -0.05) is 36.4 Å². The Labute approximate surface area is 213 Å². The number of fused-ring (bicyclic) bond motifs is 2. The van der Waals surface area contributed by atoms with Gasteiger partial charge in [0, 0.05) is 36.1 Å². The van der Waals surface area contributed by atoms with E-state index in [-0.39, 0.29) is 23.8 Å². The lowest BCUT2D eigenvalue weighted by Gasteiger charge is -2.39. The van der Waals surface area contributed by atoms with Crippen molar-refractivity contribution in [2.24, 2.45) is 0 Å². The predicted octanol–water partition coefficient (Wildman–Crippen LogP) is 4.25. The monoisotopic (exact) mass is 493 g/mol. The Bertz CT molecular complexity index is 1590. The summed E-state index contributed by atoms with van der Waals surface area (Å²) in [6.45, 7) is 1.01. The topological polar surface area (TPSA) is 91.7 Å². The molecule has 2 aromatic carbocycles. The van der Waals surface area contributed by atoms with E-state index in [2.05, 4.69) is 27.4 Å². The summed E-state index contributed by atoms with van der Waals surface area (Å²) in [6, 6.07) is 21.1. The number of imidazole rings is 1. The van der Waals surface area contributed by atoms with Crippen LogP contribution in [0.15, 0.2) is 85.5 Å². The molecule has 6 rings (SSSR count). The molecule has 4 heterocycles. The van der Waals surface area contributed by atoms with Crippen LogP contribution in [0.3, 0.4) is 0 Å². The SMILES string of the molecule is COc1cccc2[nH]c(C(=O)N[C@@H]3CN(C(=O)c4cccn5cncc45)CC[C@H]3c3ccccc3)cc12. The van der Waals surface area contributed by atoms with E-state index in [1.54, 1.807) is 19.6 Å². The van der Waals surface area contributed by atoms with Crippen molar-refractivity contribution in [2.45, 2.75) is 18.4 Å². The maximum Gasteiger partial charge on any atom is 0.268 e. The Morgan fingerprint density at radius 1 is 1.08 bits per heavy atom. The fourth-order valence-electron chi connectivity index (χ4n) is 5.36. The average Bonchev–Trinajstić information content (AvgIpc) is 3.60. The number of carbonyl (C=O) groups excluding carboxylic acids is 2. The fourth-order valence-corrected chi connectivity index (χ4v) is 5.36. The molecule has 0 bridgehead atoms. The Balaban J connectivity index is 1.29. The Morgan fingerprint density at radius 3 is 2.78 bits per heavy atom. The first-order valence-corrected chi connectivity index (χ1v) is 12.3. The summed E-state index contributed by atoms with van der Waals surface area (Å²) in [5, 5.41) is 4.08. The van der Waals surface area contributed by atoms with Crippen molar-refractivity contribution in [3.63, 3.8) is 0 Å². The molecule has 8 nitrogen and oxygen atoms in total. The summed E-state index contributed by atoms with van der Waals surface area (Å²) < 4.78 is 7.29. The molecule has 2 atom stereocenters. The molecule has 2 N–H and O–H groups in total. The zero-order chi connectivity index (χ0) is 25.4. The molecular formula is C29H27N5O3. The number of ether oxygens (including phenoxy) is 1. The molecule has 0 aliphatic carbocycles. The molecule has 2 amide bonds. The molecule has 186 valence electrons. The van der Waals surface area contributed by atoms with Crippen LogP contribution in [0.4, 0.5) is 0 Å². The number of amides is 2. The van der Waals surface area contributed by atoms with Crippen molar-refractivity contribution in [1.29, 1.82) is 0 Å². The van der Waals surface area contributed by atoms with Crippen LogP contribution in [0.5, 0.6) is 5.75 Å². The third kappa shape index (κ3) is 4.20. The number of aromatic nitrogens is 3. The van der Waals surface area contributed by atoms with Crippen molar-refractivity contribution >= 4 is 28.2 Å². The number of hydrogen-bond donors (Lipinski definition) is 2. The van der Waals surface area contributed by atoms with Gasteiger partial charge in [0.1, 0.15) is 11.4 Å². The summed E-state index contributed by atoms with van der Waals surface area (Å²) in [6.07, 6.45) is 6.00. The van der Waals surface area contributed by atoms with E-state index in [0.29, 0.717) is 30.1 Å². The number of benzene rings is 2. The molecule has 0 unspecified atom stereocenters. The van der Waals surface area contributed by atoms with Crippen LogP contribution in [0, 0.1) is 0 Å². The third-order valence-corrected chi connectivity index (χ3v) is 7.21. The van der Waals surface area contributed by atoms with Crippen LogP contribution in [-0.2, 0) is 0 Å². The van der Waals surface area contributed by atoms with Gasteiger partial charge in [-0.2, -0.15) is 0 Å². The van der Waals surface area contributed by atoms with Crippen molar-refractivity contribution < 1.29 is 14.3 Å². The second-order valence-electron chi connectivity index (χ2n) is 9.35. The number of hydrogen-bond acceptors (Lipinski definition) is 4. The highest BCUT2D eigenvalue weighted by Crippen LogP contribution is 2.31. The minimum Gasteiger partial charge on any atom is -0.496 e. The van der Waals surface area contributed by atoms with Crippen molar-refractivity contribution in [3.05, 3.63) is 102 Å². The zero-order valence-electron chi connectivity index (χ0n) is 20.4. The van der Waals surface area contributed by atoms with Gasteiger partial charge in [-0.15, -0.1) is 0 Å². The van der Waals surface area contributed by atoms with E-state index in [9.17, 15) is 9.59 Å². The average molecular weight is 494 g/mol. The van der Waals surface area contributed by atoms with Crippen LogP contribution in [-0.4, -0.2) is 57.3 Å². The molecule has 0 saturated carbocycles. The molecule has 3 aromatic heterocycles. The molecule has 0 spiro atoms. The van der Waals surface area contributed by atoms with Crippen molar-refractivity contribution in [3.8, 4) is 5.75 Å². The molecule has 1 fully saturated rings. The first kappa shape index (κ1) is 22.8. The van der Waals surface area contributed by atoms with Gasteiger partial charge in [0.05, 0.1) is 36.8 Å². The van der Waals surface area contributed by atoms with E-state index in [0.717, 1.165) is 28.4 Å². The van der Waals surface area contributed by atoms with E-state index in [1.807, 2.05) is 70.1 Å².